The maximum Gasteiger partial charge on any atom is 0.293 e. The summed E-state index contributed by atoms with van der Waals surface area (Å²) in [7, 11) is 0. The quantitative estimate of drug-likeness (QED) is 0.558. The Morgan fingerprint density at radius 1 is 1.07 bits per heavy atom. The van der Waals surface area contributed by atoms with Gasteiger partial charge in [-0.2, -0.15) is 10.2 Å². The lowest BCUT2D eigenvalue weighted by Gasteiger charge is -2.10. The first-order valence-electron chi connectivity index (χ1n) is 8.99. The van der Waals surface area contributed by atoms with E-state index in [2.05, 4.69) is 10.2 Å². The molecule has 5 rings (SSSR count). The summed E-state index contributed by atoms with van der Waals surface area (Å²) in [5.74, 6) is 0.0404. The predicted molar refractivity (Wildman–Crippen MR) is 101 cm³/mol. The van der Waals surface area contributed by atoms with E-state index < -0.39 is 0 Å². The second-order valence-corrected chi connectivity index (χ2v) is 6.91. The molecule has 0 saturated heterocycles. The highest BCUT2D eigenvalue weighted by Crippen LogP contribution is 2.41. The molecular weight excluding hydrogens is 343 g/mol. The summed E-state index contributed by atoms with van der Waals surface area (Å²) in [6.07, 6.45) is 3.87. The lowest BCUT2D eigenvalue weighted by atomic mass is 10.2. The van der Waals surface area contributed by atoms with E-state index in [0.29, 0.717) is 17.0 Å². The minimum atomic E-state index is -0.321. The molecule has 5 nitrogen and oxygen atoms in total. The lowest BCUT2D eigenvalue weighted by Crippen LogP contribution is -2.26. The lowest BCUT2D eigenvalue weighted by molar-refractivity contribution is 0.606. The van der Waals surface area contributed by atoms with E-state index in [1.165, 1.54) is 16.8 Å². The second-order valence-electron chi connectivity index (χ2n) is 6.91. The number of rotatable bonds is 4. The summed E-state index contributed by atoms with van der Waals surface area (Å²) in [5, 5.41) is 9.89. The van der Waals surface area contributed by atoms with Crippen LogP contribution in [0.1, 0.15) is 30.0 Å². The highest BCUT2D eigenvalue weighted by molar-refractivity contribution is 5.82. The number of fused-ring (bicyclic) bond motifs is 1. The van der Waals surface area contributed by atoms with Gasteiger partial charge in [-0.3, -0.25) is 4.79 Å². The molecule has 2 aromatic carbocycles. The topological polar surface area (TPSA) is 52.7 Å². The van der Waals surface area contributed by atoms with Gasteiger partial charge in [0.25, 0.3) is 5.56 Å². The SMILES string of the molecule is O=c1c2c(cnn2-c2ccccc2)c(C2CC2)nn1Cc1cccc(F)c1. The van der Waals surface area contributed by atoms with Crippen molar-refractivity contribution in [2.45, 2.75) is 25.3 Å². The van der Waals surface area contributed by atoms with Gasteiger partial charge in [-0.15, -0.1) is 0 Å². The van der Waals surface area contributed by atoms with Gasteiger partial charge >= 0.3 is 0 Å². The predicted octanol–water partition coefficient (Wildman–Crippen LogP) is 3.65. The Kier molecular flexibility index (Phi) is 3.63. The first kappa shape index (κ1) is 15.9. The van der Waals surface area contributed by atoms with E-state index in [-0.39, 0.29) is 17.9 Å². The molecule has 0 unspecified atom stereocenters. The maximum absolute atomic E-state index is 13.6. The molecule has 0 amide bonds. The van der Waals surface area contributed by atoms with Crippen molar-refractivity contribution in [2.24, 2.45) is 0 Å². The zero-order valence-corrected chi connectivity index (χ0v) is 14.5. The Morgan fingerprint density at radius 2 is 1.89 bits per heavy atom. The highest BCUT2D eigenvalue weighted by Gasteiger charge is 2.30. The summed E-state index contributed by atoms with van der Waals surface area (Å²) in [6, 6.07) is 15.9. The van der Waals surface area contributed by atoms with E-state index in [1.807, 2.05) is 30.3 Å². The van der Waals surface area contributed by atoms with Crippen LogP contribution in [-0.4, -0.2) is 19.6 Å². The van der Waals surface area contributed by atoms with Gasteiger partial charge in [0.05, 0.1) is 24.1 Å². The Hall–Kier alpha value is -3.28. The fourth-order valence-electron chi connectivity index (χ4n) is 3.43. The Morgan fingerprint density at radius 3 is 2.63 bits per heavy atom. The number of hydrogen-bond donors (Lipinski definition) is 0. The van der Waals surface area contributed by atoms with Gasteiger partial charge < -0.3 is 0 Å². The molecule has 2 aromatic heterocycles. The van der Waals surface area contributed by atoms with E-state index in [1.54, 1.807) is 23.0 Å². The summed E-state index contributed by atoms with van der Waals surface area (Å²) < 4.78 is 16.7. The van der Waals surface area contributed by atoms with E-state index in [0.717, 1.165) is 29.6 Å². The fraction of sp³-hybridized carbons (Fsp3) is 0.190. The minimum Gasteiger partial charge on any atom is -0.265 e. The van der Waals surface area contributed by atoms with Crippen molar-refractivity contribution in [3.05, 3.63) is 88.2 Å². The van der Waals surface area contributed by atoms with Crippen molar-refractivity contribution in [3.63, 3.8) is 0 Å². The van der Waals surface area contributed by atoms with Crippen molar-refractivity contribution in [1.82, 2.24) is 19.6 Å². The third-order valence-electron chi connectivity index (χ3n) is 4.90. The third kappa shape index (κ3) is 2.83. The first-order chi connectivity index (χ1) is 13.2. The van der Waals surface area contributed by atoms with Crippen LogP contribution in [0, 0.1) is 5.82 Å². The van der Waals surface area contributed by atoms with Crippen LogP contribution in [0.4, 0.5) is 4.39 Å². The highest BCUT2D eigenvalue weighted by atomic mass is 19.1. The number of para-hydroxylation sites is 1. The normalized spacial score (nSPS) is 14.0. The Balaban J connectivity index is 1.72. The molecule has 0 N–H and O–H groups in total. The molecule has 1 saturated carbocycles. The van der Waals surface area contributed by atoms with Gasteiger partial charge in [0, 0.05) is 11.3 Å². The molecule has 134 valence electrons. The van der Waals surface area contributed by atoms with Crippen LogP contribution in [0.5, 0.6) is 0 Å². The maximum atomic E-state index is 13.6. The van der Waals surface area contributed by atoms with Crippen LogP contribution in [-0.2, 0) is 6.54 Å². The van der Waals surface area contributed by atoms with E-state index in [4.69, 9.17) is 0 Å². The second kappa shape index (κ2) is 6.16. The molecule has 1 fully saturated rings. The molecule has 4 aromatic rings. The number of benzene rings is 2. The third-order valence-corrected chi connectivity index (χ3v) is 4.90. The molecule has 0 bridgehead atoms. The van der Waals surface area contributed by atoms with Gasteiger partial charge in [-0.25, -0.2) is 13.8 Å². The smallest absolute Gasteiger partial charge is 0.265 e. The van der Waals surface area contributed by atoms with Gasteiger partial charge in [0.1, 0.15) is 11.3 Å². The minimum absolute atomic E-state index is 0.222. The zero-order chi connectivity index (χ0) is 18.4. The Labute approximate surface area is 154 Å². The van der Waals surface area contributed by atoms with Crippen LogP contribution in [0.25, 0.3) is 16.6 Å². The average molecular weight is 360 g/mol. The van der Waals surface area contributed by atoms with Crippen LogP contribution in [0.3, 0.4) is 0 Å². The summed E-state index contributed by atoms with van der Waals surface area (Å²) in [6.45, 7) is 0.228. The number of hydrogen-bond acceptors (Lipinski definition) is 3. The van der Waals surface area contributed by atoms with Gasteiger partial charge in [0.2, 0.25) is 0 Å². The van der Waals surface area contributed by atoms with Gasteiger partial charge in [0.15, 0.2) is 0 Å². The van der Waals surface area contributed by atoms with Crippen LogP contribution in [0.2, 0.25) is 0 Å². The van der Waals surface area contributed by atoms with Crippen LogP contribution < -0.4 is 5.56 Å². The molecule has 0 spiro atoms. The molecule has 1 aliphatic rings. The van der Waals surface area contributed by atoms with Crippen molar-refractivity contribution in [3.8, 4) is 5.69 Å². The van der Waals surface area contributed by atoms with E-state index in [9.17, 15) is 9.18 Å². The Bertz CT molecular complexity index is 1190. The molecule has 27 heavy (non-hydrogen) atoms. The van der Waals surface area contributed by atoms with Gasteiger partial charge in [-0.05, 0) is 42.7 Å². The largest absolute Gasteiger partial charge is 0.293 e. The molecule has 2 heterocycles. The van der Waals surface area contributed by atoms with E-state index >= 15 is 0 Å². The number of halogens is 1. The van der Waals surface area contributed by atoms with Crippen molar-refractivity contribution >= 4 is 10.9 Å². The molecule has 0 radical (unpaired) electrons. The summed E-state index contributed by atoms with van der Waals surface area (Å²) >= 11 is 0. The number of aromatic nitrogens is 4. The summed E-state index contributed by atoms with van der Waals surface area (Å²) in [5.41, 5.74) is 2.74. The molecule has 0 aliphatic heterocycles. The van der Waals surface area contributed by atoms with Crippen molar-refractivity contribution in [2.75, 3.05) is 0 Å². The molecule has 1 aliphatic carbocycles. The van der Waals surface area contributed by atoms with Crippen LogP contribution >= 0.6 is 0 Å². The first-order valence-corrected chi connectivity index (χ1v) is 8.99. The van der Waals surface area contributed by atoms with Gasteiger partial charge in [-0.1, -0.05) is 30.3 Å². The monoisotopic (exact) mass is 360 g/mol. The number of nitrogens with zero attached hydrogens (tertiary/aromatic N) is 4. The van der Waals surface area contributed by atoms with Crippen LogP contribution in [0.15, 0.2) is 65.6 Å². The molecule has 0 atom stereocenters. The molecular formula is C21H17FN4O. The molecule has 6 heteroatoms. The van der Waals surface area contributed by atoms with Crippen molar-refractivity contribution in [1.29, 1.82) is 0 Å². The summed E-state index contributed by atoms with van der Waals surface area (Å²) in [4.78, 5) is 13.2. The standard InChI is InChI=1S/C21H17FN4O/c22-16-6-4-5-14(11-16)13-25-21(27)20-18(19(24-25)15-9-10-15)12-23-26(20)17-7-2-1-3-8-17/h1-8,11-12,15H,9-10,13H2. The van der Waals surface area contributed by atoms with Crippen molar-refractivity contribution < 1.29 is 4.39 Å². The zero-order valence-electron chi connectivity index (χ0n) is 14.5. The fourth-order valence-corrected chi connectivity index (χ4v) is 3.43. The average Bonchev–Trinajstić information content (AvgIpc) is 3.42.